The van der Waals surface area contributed by atoms with Gasteiger partial charge in [0.15, 0.2) is 0 Å². The van der Waals surface area contributed by atoms with Gasteiger partial charge in [-0.2, -0.15) is 0 Å². The molecule has 3 heteroatoms. The lowest BCUT2D eigenvalue weighted by atomic mass is 10.1. The fraction of sp³-hybridized carbons (Fsp3) is 0.643. The summed E-state index contributed by atoms with van der Waals surface area (Å²) in [5.41, 5.74) is 1.23. The fourth-order valence-electron chi connectivity index (χ4n) is 1.42. The first-order valence-electron chi connectivity index (χ1n) is 6.28. The van der Waals surface area contributed by atoms with Crippen LogP contribution in [0.1, 0.15) is 39.3 Å². The molecule has 0 radical (unpaired) electrons. The number of pyridine rings is 1. The molecule has 1 N–H and O–H groups in total. The van der Waals surface area contributed by atoms with Gasteiger partial charge < -0.3 is 10.1 Å². The Hall–Kier alpha value is -1.09. The molecule has 0 bridgehead atoms. The van der Waals surface area contributed by atoms with Gasteiger partial charge in [-0.3, -0.25) is 4.98 Å². The summed E-state index contributed by atoms with van der Waals surface area (Å²) in [6, 6.07) is 3.94. The molecule has 0 saturated carbocycles. The van der Waals surface area contributed by atoms with Crippen LogP contribution in [-0.4, -0.2) is 23.7 Å². The molecular weight excluding hydrogens is 212 g/mol. The molecule has 1 aromatic heterocycles. The summed E-state index contributed by atoms with van der Waals surface area (Å²) in [6.45, 7) is 10.3. The standard InChI is InChI=1S/C14H24N2O/c1-12-7-8-13(11-15-12)17-10-6-5-9-16-14(2,3)4/h7-8,11,16H,5-6,9-10H2,1-4H3. The number of aryl methyl sites for hydroxylation is 1. The number of hydrogen-bond acceptors (Lipinski definition) is 3. The molecule has 0 fully saturated rings. The van der Waals surface area contributed by atoms with Crippen molar-refractivity contribution < 1.29 is 4.74 Å². The van der Waals surface area contributed by atoms with Crippen LogP contribution in [-0.2, 0) is 0 Å². The Labute approximate surface area is 105 Å². The first kappa shape index (κ1) is 14.0. The van der Waals surface area contributed by atoms with E-state index in [2.05, 4.69) is 31.1 Å². The van der Waals surface area contributed by atoms with Gasteiger partial charge in [0, 0.05) is 11.2 Å². The second-order valence-electron chi connectivity index (χ2n) is 5.37. The van der Waals surface area contributed by atoms with Crippen molar-refractivity contribution in [2.75, 3.05) is 13.2 Å². The molecule has 0 unspecified atom stereocenters. The molecule has 17 heavy (non-hydrogen) atoms. The van der Waals surface area contributed by atoms with Gasteiger partial charge in [-0.15, -0.1) is 0 Å². The quantitative estimate of drug-likeness (QED) is 0.771. The zero-order valence-electron chi connectivity index (χ0n) is 11.4. The van der Waals surface area contributed by atoms with Crippen molar-refractivity contribution in [3.8, 4) is 5.75 Å². The topological polar surface area (TPSA) is 34.1 Å². The van der Waals surface area contributed by atoms with E-state index in [0.717, 1.165) is 37.4 Å². The minimum Gasteiger partial charge on any atom is -0.492 e. The van der Waals surface area contributed by atoms with Gasteiger partial charge in [0.1, 0.15) is 5.75 Å². The zero-order valence-corrected chi connectivity index (χ0v) is 11.4. The summed E-state index contributed by atoms with van der Waals surface area (Å²) >= 11 is 0. The van der Waals surface area contributed by atoms with E-state index in [1.807, 2.05) is 19.1 Å². The normalized spacial score (nSPS) is 11.5. The molecule has 3 nitrogen and oxygen atoms in total. The van der Waals surface area contributed by atoms with Crippen molar-refractivity contribution >= 4 is 0 Å². The molecule has 0 aromatic carbocycles. The smallest absolute Gasteiger partial charge is 0.137 e. The zero-order chi connectivity index (χ0) is 12.7. The first-order valence-corrected chi connectivity index (χ1v) is 6.28. The van der Waals surface area contributed by atoms with Crippen LogP contribution < -0.4 is 10.1 Å². The number of nitrogens with one attached hydrogen (secondary N) is 1. The highest BCUT2D eigenvalue weighted by atomic mass is 16.5. The first-order chi connectivity index (χ1) is 7.97. The number of unbranched alkanes of at least 4 members (excludes halogenated alkanes) is 1. The maximum atomic E-state index is 5.60. The summed E-state index contributed by atoms with van der Waals surface area (Å²) in [5.74, 6) is 0.861. The summed E-state index contributed by atoms with van der Waals surface area (Å²) in [4.78, 5) is 4.19. The van der Waals surface area contributed by atoms with Crippen molar-refractivity contribution in [1.29, 1.82) is 0 Å². The summed E-state index contributed by atoms with van der Waals surface area (Å²) in [7, 11) is 0. The highest BCUT2D eigenvalue weighted by molar-refractivity contribution is 5.18. The molecule has 1 aromatic rings. The molecule has 1 rings (SSSR count). The van der Waals surface area contributed by atoms with E-state index >= 15 is 0 Å². The molecule has 1 heterocycles. The maximum Gasteiger partial charge on any atom is 0.137 e. The van der Waals surface area contributed by atoms with Gasteiger partial charge in [0.25, 0.3) is 0 Å². The molecule has 0 saturated heterocycles. The van der Waals surface area contributed by atoms with Gasteiger partial charge >= 0.3 is 0 Å². The van der Waals surface area contributed by atoms with Crippen molar-refractivity contribution in [2.24, 2.45) is 0 Å². The fourth-order valence-corrected chi connectivity index (χ4v) is 1.42. The molecule has 0 aliphatic rings. The number of rotatable bonds is 6. The number of nitrogens with zero attached hydrogens (tertiary/aromatic N) is 1. The van der Waals surface area contributed by atoms with Crippen LogP contribution >= 0.6 is 0 Å². The van der Waals surface area contributed by atoms with Crippen LogP contribution in [0.15, 0.2) is 18.3 Å². The monoisotopic (exact) mass is 236 g/mol. The Bertz CT molecular complexity index is 314. The average molecular weight is 236 g/mol. The van der Waals surface area contributed by atoms with Crippen LogP contribution in [0.4, 0.5) is 0 Å². The maximum absolute atomic E-state index is 5.60. The molecule has 0 spiro atoms. The number of ether oxygens (including phenoxy) is 1. The Morgan fingerprint density at radius 2 is 2.00 bits per heavy atom. The Balaban J connectivity index is 2.07. The summed E-state index contributed by atoms with van der Waals surface area (Å²) < 4.78 is 5.60. The third-order valence-corrected chi connectivity index (χ3v) is 2.38. The highest BCUT2D eigenvalue weighted by Crippen LogP contribution is 2.09. The van der Waals surface area contributed by atoms with Crippen LogP contribution in [0.25, 0.3) is 0 Å². The number of aromatic nitrogens is 1. The van der Waals surface area contributed by atoms with Crippen LogP contribution in [0.5, 0.6) is 5.75 Å². The molecule has 96 valence electrons. The summed E-state index contributed by atoms with van der Waals surface area (Å²) in [6.07, 6.45) is 3.98. The third kappa shape index (κ3) is 6.95. The minimum atomic E-state index is 0.210. The predicted molar refractivity (Wildman–Crippen MR) is 71.5 cm³/mol. The largest absolute Gasteiger partial charge is 0.492 e. The second-order valence-corrected chi connectivity index (χ2v) is 5.37. The van der Waals surface area contributed by atoms with Crippen LogP contribution in [0, 0.1) is 6.92 Å². The Kier molecular flexibility index (Phi) is 5.42. The van der Waals surface area contributed by atoms with Crippen LogP contribution in [0.3, 0.4) is 0 Å². The van der Waals surface area contributed by atoms with Crippen molar-refractivity contribution in [3.63, 3.8) is 0 Å². The van der Waals surface area contributed by atoms with E-state index in [1.54, 1.807) is 6.20 Å². The van der Waals surface area contributed by atoms with Gasteiger partial charge in [-0.1, -0.05) is 0 Å². The molecule has 0 amide bonds. The molecule has 0 aliphatic carbocycles. The molecule has 0 atom stereocenters. The lowest BCUT2D eigenvalue weighted by Gasteiger charge is -2.20. The van der Waals surface area contributed by atoms with Gasteiger partial charge in [-0.25, -0.2) is 0 Å². The average Bonchev–Trinajstić information content (AvgIpc) is 2.24. The molecular formula is C14H24N2O. The minimum absolute atomic E-state index is 0.210. The van der Waals surface area contributed by atoms with E-state index in [9.17, 15) is 0 Å². The molecule has 0 aliphatic heterocycles. The van der Waals surface area contributed by atoms with Gasteiger partial charge in [0.2, 0.25) is 0 Å². The lowest BCUT2D eigenvalue weighted by Crippen LogP contribution is -2.36. The van der Waals surface area contributed by atoms with E-state index in [4.69, 9.17) is 4.74 Å². The van der Waals surface area contributed by atoms with Crippen LogP contribution in [0.2, 0.25) is 0 Å². The second kappa shape index (κ2) is 6.60. The van der Waals surface area contributed by atoms with Crippen molar-refractivity contribution in [3.05, 3.63) is 24.0 Å². The van der Waals surface area contributed by atoms with E-state index in [1.165, 1.54) is 0 Å². The predicted octanol–water partition coefficient (Wildman–Crippen LogP) is 2.94. The lowest BCUT2D eigenvalue weighted by molar-refractivity contribution is 0.300. The van der Waals surface area contributed by atoms with Gasteiger partial charge in [-0.05, 0) is 59.2 Å². The SMILES string of the molecule is Cc1ccc(OCCCCNC(C)(C)C)cn1. The Morgan fingerprint density at radius 3 is 2.59 bits per heavy atom. The van der Waals surface area contributed by atoms with Crippen molar-refractivity contribution in [2.45, 2.75) is 46.1 Å². The van der Waals surface area contributed by atoms with E-state index < -0.39 is 0 Å². The Morgan fingerprint density at radius 1 is 1.24 bits per heavy atom. The highest BCUT2D eigenvalue weighted by Gasteiger charge is 2.06. The third-order valence-electron chi connectivity index (χ3n) is 2.38. The number of hydrogen-bond donors (Lipinski definition) is 1. The van der Waals surface area contributed by atoms with E-state index in [-0.39, 0.29) is 5.54 Å². The van der Waals surface area contributed by atoms with Crippen molar-refractivity contribution in [1.82, 2.24) is 10.3 Å². The summed E-state index contributed by atoms with van der Waals surface area (Å²) in [5, 5.41) is 3.46. The van der Waals surface area contributed by atoms with Gasteiger partial charge in [0.05, 0.1) is 12.8 Å². The van der Waals surface area contributed by atoms with E-state index in [0.29, 0.717) is 0 Å².